The van der Waals surface area contributed by atoms with Crippen LogP contribution in [0.1, 0.15) is 20.6 Å². The van der Waals surface area contributed by atoms with Gasteiger partial charge in [-0.3, -0.25) is 0 Å². The number of nitrogen functional groups attached to an aromatic ring is 1. The highest BCUT2D eigenvalue weighted by Crippen LogP contribution is 2.30. The number of benzene rings is 2. The van der Waals surface area contributed by atoms with Crippen LogP contribution in [0.15, 0.2) is 40.9 Å². The van der Waals surface area contributed by atoms with Gasteiger partial charge in [0.05, 0.1) is 31.2 Å². The molecule has 2 aromatic carbocycles. The fraction of sp³-hybridized carbons (Fsp3) is 0.105. The van der Waals surface area contributed by atoms with Gasteiger partial charge in [-0.05, 0) is 18.2 Å². The minimum absolute atomic E-state index is 0.278. The van der Waals surface area contributed by atoms with E-state index in [4.69, 9.17) is 8.48 Å². The molecule has 162 valence electrons. The van der Waals surface area contributed by atoms with Crippen molar-refractivity contribution in [2.75, 3.05) is 5.73 Å². The molecule has 13 heteroatoms. The van der Waals surface area contributed by atoms with E-state index in [1.807, 2.05) is 0 Å². The zero-order valence-electron chi connectivity index (χ0n) is 17.6. The van der Waals surface area contributed by atoms with Crippen LogP contribution in [-0.2, 0) is 6.50 Å². The lowest BCUT2D eigenvalue weighted by Crippen LogP contribution is -2.05. The quantitative estimate of drug-likeness (QED) is 0.384. The summed E-state index contributed by atoms with van der Waals surface area (Å²) in [6, 6.07) is 7.05. The number of halogens is 4. The normalized spacial score (nSPS) is 13.0. The first-order chi connectivity index (χ1) is 16.1. The highest BCUT2D eigenvalue weighted by molar-refractivity contribution is 7.22. The van der Waals surface area contributed by atoms with Crippen molar-refractivity contribution in [3.8, 4) is 22.7 Å². The van der Waals surface area contributed by atoms with Crippen molar-refractivity contribution >= 4 is 26.7 Å². The highest BCUT2D eigenvalue weighted by atomic mass is 32.1. The predicted molar refractivity (Wildman–Crippen MR) is 107 cm³/mol. The summed E-state index contributed by atoms with van der Waals surface area (Å²) in [7, 11) is 0. The molecule has 0 saturated heterocycles. The van der Waals surface area contributed by atoms with E-state index in [9.17, 15) is 17.6 Å². The van der Waals surface area contributed by atoms with E-state index in [0.717, 1.165) is 21.5 Å². The SMILES string of the molecule is [2H]C([2H])(c1ccc(-c2nnc(C(F)F)o2)c(F)c1F)n1cc(-c2ccc3nc(N)sc3c2)nn1. The van der Waals surface area contributed by atoms with Gasteiger partial charge in [0.15, 0.2) is 16.8 Å². The third-order valence-corrected chi connectivity index (χ3v) is 5.22. The molecule has 0 aliphatic carbocycles. The standard InChI is InChI=1S/C19H11F4N7OS/c20-14-9(1-3-10(15(14)21)17-27-28-18(31-17)16(22)23)6-30-7-12(26-29-30)8-2-4-11-13(5-8)32-19(24)25-11/h1-5,7,16H,6H2,(H2,24,25)/i6D2. The molecular formula is C19H11F4N7OS. The molecule has 0 atom stereocenters. The van der Waals surface area contributed by atoms with Crippen molar-refractivity contribution in [3.05, 3.63) is 59.6 Å². The minimum Gasteiger partial charge on any atom is -0.415 e. The molecule has 0 radical (unpaired) electrons. The molecule has 0 amide bonds. The van der Waals surface area contributed by atoms with Crippen LogP contribution >= 0.6 is 11.3 Å². The van der Waals surface area contributed by atoms with E-state index in [2.05, 4.69) is 29.9 Å². The Bertz CT molecular complexity index is 1530. The number of fused-ring (bicyclic) bond motifs is 1. The van der Waals surface area contributed by atoms with Crippen molar-refractivity contribution < 1.29 is 24.7 Å². The maximum Gasteiger partial charge on any atom is 0.314 e. The predicted octanol–water partition coefficient (Wildman–Crippen LogP) is 4.45. The average molecular weight is 463 g/mol. The molecule has 3 aromatic heterocycles. The van der Waals surface area contributed by atoms with Crippen LogP contribution in [-0.4, -0.2) is 30.2 Å². The van der Waals surface area contributed by atoms with E-state index in [-0.39, 0.29) is 5.69 Å². The van der Waals surface area contributed by atoms with Gasteiger partial charge in [0.1, 0.15) is 5.69 Å². The monoisotopic (exact) mass is 463 g/mol. The Kier molecular flexibility index (Phi) is 4.26. The fourth-order valence-electron chi connectivity index (χ4n) is 2.91. The maximum absolute atomic E-state index is 14.9. The van der Waals surface area contributed by atoms with Crippen LogP contribution < -0.4 is 5.73 Å². The molecule has 8 nitrogen and oxygen atoms in total. The van der Waals surface area contributed by atoms with Gasteiger partial charge < -0.3 is 10.2 Å². The number of aromatic nitrogens is 6. The second-order valence-corrected chi connectivity index (χ2v) is 7.49. The molecule has 3 heterocycles. The van der Waals surface area contributed by atoms with E-state index < -0.39 is 47.5 Å². The smallest absolute Gasteiger partial charge is 0.314 e. The summed E-state index contributed by atoms with van der Waals surface area (Å²) in [6.45, 7) is -2.66. The number of rotatable bonds is 5. The Morgan fingerprint density at radius 2 is 1.97 bits per heavy atom. The lowest BCUT2D eigenvalue weighted by molar-refractivity contribution is 0.116. The molecule has 0 spiro atoms. The van der Waals surface area contributed by atoms with Crippen LogP contribution in [0.4, 0.5) is 22.7 Å². The number of nitrogens with two attached hydrogens (primary N) is 1. The number of hydrogen-bond acceptors (Lipinski definition) is 8. The third kappa shape index (κ3) is 3.56. The summed E-state index contributed by atoms with van der Waals surface area (Å²) in [4.78, 5) is 4.15. The van der Waals surface area contributed by atoms with E-state index in [0.29, 0.717) is 16.2 Å². The molecule has 32 heavy (non-hydrogen) atoms. The molecule has 5 aromatic rings. The van der Waals surface area contributed by atoms with E-state index in [1.54, 1.807) is 18.2 Å². The van der Waals surface area contributed by atoms with Gasteiger partial charge in [-0.25, -0.2) is 18.4 Å². The Morgan fingerprint density at radius 3 is 2.75 bits per heavy atom. The molecule has 2 N–H and O–H groups in total. The van der Waals surface area contributed by atoms with Gasteiger partial charge in [-0.2, -0.15) is 8.78 Å². The van der Waals surface area contributed by atoms with Gasteiger partial charge in [0.2, 0.25) is 0 Å². The zero-order valence-corrected chi connectivity index (χ0v) is 16.4. The molecule has 0 saturated carbocycles. The third-order valence-electron chi connectivity index (χ3n) is 4.37. The second kappa shape index (κ2) is 7.67. The molecule has 0 unspecified atom stereocenters. The average Bonchev–Trinajstić information content (AvgIpc) is 3.53. The highest BCUT2D eigenvalue weighted by Gasteiger charge is 2.22. The number of anilines is 1. The Balaban J connectivity index is 1.49. The summed E-state index contributed by atoms with van der Waals surface area (Å²) in [5, 5.41) is 14.4. The lowest BCUT2D eigenvalue weighted by Gasteiger charge is -2.06. The van der Waals surface area contributed by atoms with Gasteiger partial charge in [0, 0.05) is 11.1 Å². The number of thiazole rings is 1. The first kappa shape index (κ1) is 17.8. The van der Waals surface area contributed by atoms with Gasteiger partial charge >= 0.3 is 6.43 Å². The molecule has 0 aliphatic rings. The van der Waals surface area contributed by atoms with Gasteiger partial charge in [0.25, 0.3) is 11.8 Å². The Morgan fingerprint density at radius 1 is 1.12 bits per heavy atom. The summed E-state index contributed by atoms with van der Waals surface area (Å²) >= 11 is 1.26. The number of nitrogens with zero attached hydrogens (tertiary/aromatic N) is 6. The molecule has 0 fully saturated rings. The summed E-state index contributed by atoms with van der Waals surface area (Å²) in [5.74, 6) is -4.83. The number of hydrogen-bond donors (Lipinski definition) is 1. The molecule has 5 rings (SSSR count). The van der Waals surface area contributed by atoms with Crippen LogP contribution in [0.25, 0.3) is 32.9 Å². The minimum atomic E-state index is -3.08. The molecule has 0 bridgehead atoms. The fourth-order valence-corrected chi connectivity index (χ4v) is 3.68. The first-order valence-electron chi connectivity index (χ1n) is 9.85. The van der Waals surface area contributed by atoms with Crippen molar-refractivity contribution in [2.45, 2.75) is 12.9 Å². The first-order valence-corrected chi connectivity index (χ1v) is 9.66. The summed E-state index contributed by atoms with van der Waals surface area (Å²) in [5.41, 5.74) is 5.97. The summed E-state index contributed by atoms with van der Waals surface area (Å²) in [6.07, 6.45) is -1.85. The molecule has 0 aliphatic heterocycles. The van der Waals surface area contributed by atoms with Crippen LogP contribution in [0.3, 0.4) is 0 Å². The maximum atomic E-state index is 14.9. The summed E-state index contributed by atoms with van der Waals surface area (Å²) < 4.78 is 77.7. The van der Waals surface area contributed by atoms with Crippen LogP contribution in [0, 0.1) is 11.6 Å². The van der Waals surface area contributed by atoms with Crippen molar-refractivity contribution in [1.82, 2.24) is 30.2 Å². The van der Waals surface area contributed by atoms with E-state index in [1.165, 1.54) is 17.5 Å². The van der Waals surface area contributed by atoms with Crippen molar-refractivity contribution in [1.29, 1.82) is 0 Å². The Hall–Kier alpha value is -3.87. The van der Waals surface area contributed by atoms with Gasteiger partial charge in [-0.15, -0.1) is 15.3 Å². The lowest BCUT2D eigenvalue weighted by atomic mass is 10.1. The van der Waals surface area contributed by atoms with Gasteiger partial charge in [-0.1, -0.05) is 28.7 Å². The van der Waals surface area contributed by atoms with Crippen LogP contribution in [0.5, 0.6) is 0 Å². The molecular weight excluding hydrogens is 450 g/mol. The Labute approximate surface area is 183 Å². The largest absolute Gasteiger partial charge is 0.415 e. The van der Waals surface area contributed by atoms with Crippen molar-refractivity contribution in [2.24, 2.45) is 0 Å². The van der Waals surface area contributed by atoms with Crippen LogP contribution in [0.2, 0.25) is 0 Å². The van der Waals surface area contributed by atoms with E-state index >= 15 is 0 Å². The van der Waals surface area contributed by atoms with Crippen molar-refractivity contribution in [3.63, 3.8) is 0 Å². The number of alkyl halides is 2. The zero-order chi connectivity index (χ0) is 24.2. The second-order valence-electron chi connectivity index (χ2n) is 6.43. The topological polar surface area (TPSA) is 109 Å².